The van der Waals surface area contributed by atoms with E-state index < -0.39 is 5.82 Å². The molecule has 7 nitrogen and oxygen atoms in total. The molecule has 0 saturated carbocycles. The number of nitrogens with zero attached hydrogens (tertiary/aromatic N) is 6. The Kier molecular flexibility index (Phi) is 2.46. The first-order valence-electron chi connectivity index (χ1n) is 6.04. The molecule has 4 aromatic rings. The molecule has 0 atom stereocenters. The van der Waals surface area contributed by atoms with E-state index in [2.05, 4.69) is 25.1 Å². The van der Waals surface area contributed by atoms with Crippen molar-refractivity contribution in [3.8, 4) is 23.0 Å². The van der Waals surface area contributed by atoms with Gasteiger partial charge in [-0.2, -0.15) is 4.98 Å². The fourth-order valence-corrected chi connectivity index (χ4v) is 1.99. The second-order valence-electron chi connectivity index (χ2n) is 4.23. The van der Waals surface area contributed by atoms with Crippen LogP contribution in [0.4, 0.5) is 4.39 Å². The number of rotatable bonds is 2. The van der Waals surface area contributed by atoms with Crippen molar-refractivity contribution in [1.82, 2.24) is 29.5 Å². The molecule has 0 fully saturated rings. The van der Waals surface area contributed by atoms with Gasteiger partial charge in [-0.1, -0.05) is 5.16 Å². The van der Waals surface area contributed by atoms with Gasteiger partial charge in [0.2, 0.25) is 5.82 Å². The molecule has 8 heteroatoms. The van der Waals surface area contributed by atoms with Crippen molar-refractivity contribution in [3.05, 3.63) is 49.1 Å². The van der Waals surface area contributed by atoms with Crippen molar-refractivity contribution in [2.45, 2.75) is 0 Å². The number of fused-ring (bicyclic) bond motifs is 1. The minimum atomic E-state index is -0.518. The highest BCUT2D eigenvalue weighted by molar-refractivity contribution is 5.59. The highest BCUT2D eigenvalue weighted by Crippen LogP contribution is 2.23. The zero-order chi connectivity index (χ0) is 14.2. The number of hydrogen-bond donors (Lipinski definition) is 0. The molecule has 0 spiro atoms. The maximum absolute atomic E-state index is 13.7. The van der Waals surface area contributed by atoms with Crippen LogP contribution in [0.3, 0.4) is 0 Å². The topological polar surface area (TPSA) is 82.0 Å². The highest BCUT2D eigenvalue weighted by Gasteiger charge is 2.16. The first-order valence-corrected chi connectivity index (χ1v) is 6.04. The Morgan fingerprint density at radius 1 is 1.10 bits per heavy atom. The summed E-state index contributed by atoms with van der Waals surface area (Å²) < 4.78 is 20.6. The van der Waals surface area contributed by atoms with Crippen LogP contribution >= 0.6 is 0 Å². The molecule has 0 N–H and O–H groups in total. The smallest absolute Gasteiger partial charge is 0.261 e. The standard InChI is InChI=1S/C13H7FN6O/c14-9-5-15-2-1-8(9)13-18-12(19-21-13)10-6-17-11-7-16-3-4-20(10)11/h1-7H. The van der Waals surface area contributed by atoms with E-state index in [1.807, 2.05) is 0 Å². The summed E-state index contributed by atoms with van der Waals surface area (Å²) in [7, 11) is 0. The zero-order valence-corrected chi connectivity index (χ0v) is 10.5. The Morgan fingerprint density at radius 2 is 2.00 bits per heavy atom. The highest BCUT2D eigenvalue weighted by atomic mass is 19.1. The van der Waals surface area contributed by atoms with Gasteiger partial charge >= 0.3 is 0 Å². The van der Waals surface area contributed by atoms with Gasteiger partial charge in [0.25, 0.3) is 5.89 Å². The summed E-state index contributed by atoms with van der Waals surface area (Å²) in [5, 5.41) is 3.87. The largest absolute Gasteiger partial charge is 0.333 e. The van der Waals surface area contributed by atoms with Gasteiger partial charge in [-0.05, 0) is 6.07 Å². The van der Waals surface area contributed by atoms with E-state index in [0.717, 1.165) is 6.20 Å². The van der Waals surface area contributed by atoms with E-state index in [4.69, 9.17) is 4.52 Å². The molecule has 102 valence electrons. The van der Waals surface area contributed by atoms with Crippen molar-refractivity contribution in [1.29, 1.82) is 0 Å². The SMILES string of the molecule is Fc1cnccc1-c1nc(-c2cnc3cnccn23)no1. The Bertz CT molecular complexity index is 931. The van der Waals surface area contributed by atoms with Crippen molar-refractivity contribution in [2.24, 2.45) is 0 Å². The van der Waals surface area contributed by atoms with E-state index >= 15 is 0 Å². The third-order valence-electron chi connectivity index (χ3n) is 2.98. The number of aromatic nitrogens is 6. The van der Waals surface area contributed by atoms with Crippen molar-refractivity contribution in [3.63, 3.8) is 0 Å². The van der Waals surface area contributed by atoms with Crippen LogP contribution in [0.15, 0.2) is 47.8 Å². The first-order chi connectivity index (χ1) is 10.3. The number of hydrogen-bond acceptors (Lipinski definition) is 6. The minimum Gasteiger partial charge on any atom is -0.333 e. The van der Waals surface area contributed by atoms with Crippen LogP contribution in [0.1, 0.15) is 0 Å². The molecule has 0 aliphatic rings. The van der Waals surface area contributed by atoms with Gasteiger partial charge in [0.05, 0.1) is 24.2 Å². The average molecular weight is 282 g/mol. The number of imidazole rings is 1. The maximum Gasteiger partial charge on any atom is 0.261 e. The predicted molar refractivity (Wildman–Crippen MR) is 69.5 cm³/mol. The van der Waals surface area contributed by atoms with E-state index in [-0.39, 0.29) is 11.5 Å². The Hall–Kier alpha value is -3.16. The molecule has 0 unspecified atom stereocenters. The second-order valence-corrected chi connectivity index (χ2v) is 4.23. The Balaban J connectivity index is 1.83. The average Bonchev–Trinajstić information content (AvgIpc) is 3.14. The van der Waals surface area contributed by atoms with Crippen LogP contribution in [0, 0.1) is 5.82 Å². The Morgan fingerprint density at radius 3 is 2.90 bits per heavy atom. The van der Waals surface area contributed by atoms with Crippen molar-refractivity contribution < 1.29 is 8.91 Å². The summed E-state index contributed by atoms with van der Waals surface area (Å²) in [6.45, 7) is 0. The molecule has 0 aliphatic carbocycles. The van der Waals surface area contributed by atoms with Gasteiger partial charge in [-0.15, -0.1) is 0 Å². The summed E-state index contributed by atoms with van der Waals surface area (Å²) in [4.78, 5) is 16.1. The summed E-state index contributed by atoms with van der Waals surface area (Å²) in [6.07, 6.45) is 9.14. The molecule has 21 heavy (non-hydrogen) atoms. The zero-order valence-electron chi connectivity index (χ0n) is 10.5. The molecular formula is C13H7FN6O. The quantitative estimate of drug-likeness (QED) is 0.559. The molecule has 0 radical (unpaired) electrons. The van der Waals surface area contributed by atoms with E-state index in [9.17, 15) is 4.39 Å². The number of halogens is 1. The van der Waals surface area contributed by atoms with Gasteiger partial charge in [0, 0.05) is 18.6 Å². The van der Waals surface area contributed by atoms with Crippen LogP contribution in [-0.4, -0.2) is 29.5 Å². The molecule has 4 heterocycles. The summed E-state index contributed by atoms with van der Waals surface area (Å²) >= 11 is 0. The maximum atomic E-state index is 13.7. The van der Waals surface area contributed by atoms with Gasteiger partial charge < -0.3 is 4.52 Å². The lowest BCUT2D eigenvalue weighted by atomic mass is 10.2. The van der Waals surface area contributed by atoms with E-state index in [0.29, 0.717) is 17.2 Å². The molecule has 4 aromatic heterocycles. The van der Waals surface area contributed by atoms with Gasteiger partial charge in [0.1, 0.15) is 5.69 Å². The van der Waals surface area contributed by atoms with Crippen LogP contribution in [0.2, 0.25) is 0 Å². The fourth-order valence-electron chi connectivity index (χ4n) is 1.99. The van der Waals surface area contributed by atoms with Crippen LogP contribution < -0.4 is 0 Å². The van der Waals surface area contributed by atoms with Crippen molar-refractivity contribution >= 4 is 5.65 Å². The summed E-state index contributed by atoms with van der Waals surface area (Å²) in [6, 6.07) is 1.48. The second kappa shape index (κ2) is 4.44. The van der Waals surface area contributed by atoms with Gasteiger partial charge in [-0.3, -0.25) is 14.4 Å². The monoisotopic (exact) mass is 282 g/mol. The van der Waals surface area contributed by atoms with Gasteiger partial charge in [-0.25, -0.2) is 9.37 Å². The molecule has 0 aromatic carbocycles. The fraction of sp³-hybridized carbons (Fsp3) is 0. The predicted octanol–water partition coefficient (Wildman–Crippen LogP) is 1.98. The first kappa shape index (κ1) is 11.6. The lowest BCUT2D eigenvalue weighted by Crippen LogP contribution is -1.90. The molecule has 0 aliphatic heterocycles. The van der Waals surface area contributed by atoms with E-state index in [1.54, 1.807) is 29.2 Å². The van der Waals surface area contributed by atoms with Crippen LogP contribution in [0.25, 0.3) is 28.6 Å². The van der Waals surface area contributed by atoms with Crippen LogP contribution in [-0.2, 0) is 0 Å². The lowest BCUT2D eigenvalue weighted by Gasteiger charge is -1.95. The third-order valence-corrected chi connectivity index (χ3v) is 2.98. The molecule has 0 bridgehead atoms. The normalized spacial score (nSPS) is 11.1. The summed E-state index contributed by atoms with van der Waals surface area (Å²) in [5.74, 6) is -0.108. The summed E-state index contributed by atoms with van der Waals surface area (Å²) in [5.41, 5.74) is 1.50. The van der Waals surface area contributed by atoms with Crippen LogP contribution in [0.5, 0.6) is 0 Å². The number of pyridine rings is 1. The molecule has 0 saturated heterocycles. The molecular weight excluding hydrogens is 275 g/mol. The van der Waals surface area contributed by atoms with Crippen molar-refractivity contribution in [2.75, 3.05) is 0 Å². The third kappa shape index (κ3) is 1.84. The Labute approximate surface area is 117 Å². The van der Waals surface area contributed by atoms with Gasteiger partial charge in [0.15, 0.2) is 11.5 Å². The molecule has 4 rings (SSSR count). The van der Waals surface area contributed by atoms with E-state index in [1.165, 1.54) is 12.3 Å². The molecule has 0 amide bonds. The minimum absolute atomic E-state index is 0.0916. The lowest BCUT2D eigenvalue weighted by molar-refractivity contribution is 0.429.